The Hall–Kier alpha value is -1.27. The molecule has 0 saturated carbocycles. The van der Waals surface area contributed by atoms with Gasteiger partial charge in [-0.05, 0) is 54.4 Å². The van der Waals surface area contributed by atoms with Crippen molar-refractivity contribution in [3.8, 4) is 0 Å². The molecule has 1 aromatic carbocycles. The molecule has 19 heavy (non-hydrogen) atoms. The number of nitrogens with zero attached hydrogens (tertiary/aromatic N) is 1. The number of hydrogen-bond acceptors (Lipinski definition) is 3. The minimum Gasteiger partial charge on any atom is -0.321 e. The molecule has 1 N–H and O–H groups in total. The van der Waals surface area contributed by atoms with E-state index in [-0.39, 0.29) is 5.91 Å². The number of thiazole rings is 1. The molecule has 6 heteroatoms. The number of aromatic nitrogens is 1. The van der Waals surface area contributed by atoms with Crippen LogP contribution in [0.5, 0.6) is 0 Å². The van der Waals surface area contributed by atoms with Crippen LogP contribution < -0.4 is 5.32 Å². The van der Waals surface area contributed by atoms with Crippen LogP contribution in [0.4, 0.5) is 10.1 Å². The van der Waals surface area contributed by atoms with Gasteiger partial charge in [0.25, 0.3) is 5.91 Å². The molecular formula is C13H12BrFN2OS. The van der Waals surface area contributed by atoms with Gasteiger partial charge in [0.1, 0.15) is 10.7 Å². The molecule has 1 amide bonds. The van der Waals surface area contributed by atoms with Crippen LogP contribution in [0, 0.1) is 26.6 Å². The summed E-state index contributed by atoms with van der Waals surface area (Å²) in [5.74, 6) is -0.661. The first-order chi connectivity index (χ1) is 8.88. The van der Waals surface area contributed by atoms with E-state index < -0.39 is 5.82 Å². The van der Waals surface area contributed by atoms with E-state index >= 15 is 0 Å². The number of nitrogens with one attached hydrogen (secondary N) is 1. The SMILES string of the molecule is Cc1nc(C)c(C(=O)Nc2cc(F)c(Br)cc2C)s1. The van der Waals surface area contributed by atoms with Crippen molar-refractivity contribution in [3.05, 3.63) is 43.6 Å². The maximum Gasteiger partial charge on any atom is 0.267 e. The van der Waals surface area contributed by atoms with Gasteiger partial charge in [-0.25, -0.2) is 9.37 Å². The molecule has 0 aliphatic heterocycles. The second-order valence-corrected chi connectivity index (χ2v) is 6.24. The first-order valence-electron chi connectivity index (χ1n) is 5.59. The van der Waals surface area contributed by atoms with Crippen LogP contribution in [0.1, 0.15) is 25.9 Å². The van der Waals surface area contributed by atoms with E-state index in [9.17, 15) is 9.18 Å². The Morgan fingerprint density at radius 3 is 2.63 bits per heavy atom. The molecule has 0 aliphatic rings. The van der Waals surface area contributed by atoms with Gasteiger partial charge in [0.15, 0.2) is 0 Å². The van der Waals surface area contributed by atoms with Crippen molar-refractivity contribution in [2.75, 3.05) is 5.32 Å². The number of anilines is 1. The molecule has 0 unspecified atom stereocenters. The van der Waals surface area contributed by atoms with E-state index in [0.717, 1.165) is 10.6 Å². The van der Waals surface area contributed by atoms with E-state index in [2.05, 4.69) is 26.2 Å². The Morgan fingerprint density at radius 1 is 1.37 bits per heavy atom. The predicted octanol–water partition coefficient (Wildman–Crippen LogP) is 4.22. The van der Waals surface area contributed by atoms with Crippen molar-refractivity contribution in [1.82, 2.24) is 4.98 Å². The maximum atomic E-state index is 13.5. The average molecular weight is 343 g/mol. The average Bonchev–Trinajstić information content (AvgIpc) is 2.65. The lowest BCUT2D eigenvalue weighted by atomic mass is 10.2. The van der Waals surface area contributed by atoms with Crippen molar-refractivity contribution < 1.29 is 9.18 Å². The predicted molar refractivity (Wildman–Crippen MR) is 78.4 cm³/mol. The van der Waals surface area contributed by atoms with Crippen molar-refractivity contribution in [2.24, 2.45) is 0 Å². The van der Waals surface area contributed by atoms with Crippen LogP contribution in [0.3, 0.4) is 0 Å². The fourth-order valence-electron chi connectivity index (χ4n) is 1.70. The number of carbonyl (C=O) groups excluding carboxylic acids is 1. The van der Waals surface area contributed by atoms with Crippen LogP contribution >= 0.6 is 27.3 Å². The molecule has 100 valence electrons. The third kappa shape index (κ3) is 3.01. The Balaban J connectivity index is 2.29. The fourth-order valence-corrected chi connectivity index (χ4v) is 2.97. The van der Waals surface area contributed by atoms with Crippen LogP contribution in [0.2, 0.25) is 0 Å². The van der Waals surface area contributed by atoms with Gasteiger partial charge in [-0.15, -0.1) is 11.3 Å². The highest BCUT2D eigenvalue weighted by atomic mass is 79.9. The Bertz CT molecular complexity index is 654. The number of halogens is 2. The van der Waals surface area contributed by atoms with E-state index in [0.29, 0.717) is 20.7 Å². The fraction of sp³-hybridized carbons (Fsp3) is 0.231. The summed E-state index contributed by atoms with van der Waals surface area (Å²) < 4.78 is 13.9. The highest BCUT2D eigenvalue weighted by Crippen LogP contribution is 2.25. The van der Waals surface area contributed by atoms with Crippen molar-refractivity contribution in [3.63, 3.8) is 0 Å². The van der Waals surface area contributed by atoms with Crippen LogP contribution in [0.15, 0.2) is 16.6 Å². The Labute approximate surface area is 123 Å². The van der Waals surface area contributed by atoms with Crippen LogP contribution in [-0.4, -0.2) is 10.9 Å². The first-order valence-corrected chi connectivity index (χ1v) is 7.20. The topological polar surface area (TPSA) is 42.0 Å². The lowest BCUT2D eigenvalue weighted by Crippen LogP contribution is -2.12. The lowest BCUT2D eigenvalue weighted by Gasteiger charge is -2.08. The van der Waals surface area contributed by atoms with Gasteiger partial charge in [0, 0.05) is 5.69 Å². The van der Waals surface area contributed by atoms with Gasteiger partial charge in [-0.2, -0.15) is 0 Å². The summed E-state index contributed by atoms with van der Waals surface area (Å²) in [5, 5.41) is 3.55. The molecule has 0 saturated heterocycles. The van der Waals surface area contributed by atoms with Crippen molar-refractivity contribution >= 4 is 38.9 Å². The highest BCUT2D eigenvalue weighted by Gasteiger charge is 2.15. The molecule has 2 rings (SSSR count). The number of carbonyl (C=O) groups is 1. The van der Waals surface area contributed by atoms with E-state index in [1.54, 1.807) is 13.0 Å². The quantitative estimate of drug-likeness (QED) is 0.887. The molecule has 0 atom stereocenters. The van der Waals surface area contributed by atoms with E-state index in [1.807, 2.05) is 13.8 Å². The Kier molecular flexibility index (Phi) is 4.01. The smallest absolute Gasteiger partial charge is 0.267 e. The monoisotopic (exact) mass is 342 g/mol. The summed E-state index contributed by atoms with van der Waals surface area (Å²) in [6.07, 6.45) is 0. The minimum absolute atomic E-state index is 0.257. The summed E-state index contributed by atoms with van der Waals surface area (Å²) in [5.41, 5.74) is 1.95. The highest BCUT2D eigenvalue weighted by molar-refractivity contribution is 9.10. The first kappa shape index (κ1) is 14.1. The molecule has 1 heterocycles. The second kappa shape index (κ2) is 5.38. The zero-order valence-electron chi connectivity index (χ0n) is 10.7. The standard InChI is InChI=1S/C13H12BrFN2OS/c1-6-4-9(14)10(15)5-11(6)17-13(18)12-7(2)16-8(3)19-12/h4-5H,1-3H3,(H,17,18). The van der Waals surface area contributed by atoms with Crippen LogP contribution in [-0.2, 0) is 0 Å². The minimum atomic E-state index is -0.405. The summed E-state index contributed by atoms with van der Waals surface area (Å²) in [6, 6.07) is 2.94. The maximum absolute atomic E-state index is 13.5. The molecule has 0 fully saturated rings. The number of benzene rings is 1. The number of amides is 1. The number of rotatable bonds is 2. The largest absolute Gasteiger partial charge is 0.321 e. The summed E-state index contributed by atoms with van der Waals surface area (Å²) in [6.45, 7) is 5.44. The summed E-state index contributed by atoms with van der Waals surface area (Å²) in [4.78, 5) is 16.9. The summed E-state index contributed by atoms with van der Waals surface area (Å²) >= 11 is 4.44. The Morgan fingerprint density at radius 2 is 2.05 bits per heavy atom. The second-order valence-electron chi connectivity index (χ2n) is 4.18. The van der Waals surface area contributed by atoms with Gasteiger partial charge in [-0.3, -0.25) is 4.79 Å². The molecular weight excluding hydrogens is 331 g/mol. The summed E-state index contributed by atoms with van der Waals surface area (Å²) in [7, 11) is 0. The van der Waals surface area contributed by atoms with Crippen LogP contribution in [0.25, 0.3) is 0 Å². The van der Waals surface area contributed by atoms with Gasteiger partial charge in [0.2, 0.25) is 0 Å². The number of hydrogen-bond donors (Lipinski definition) is 1. The molecule has 1 aromatic heterocycles. The molecule has 3 nitrogen and oxygen atoms in total. The molecule has 0 spiro atoms. The van der Waals surface area contributed by atoms with Gasteiger partial charge in [-0.1, -0.05) is 0 Å². The zero-order chi connectivity index (χ0) is 14.2. The van der Waals surface area contributed by atoms with Crippen molar-refractivity contribution in [2.45, 2.75) is 20.8 Å². The normalized spacial score (nSPS) is 10.6. The van der Waals surface area contributed by atoms with Gasteiger partial charge < -0.3 is 5.32 Å². The van der Waals surface area contributed by atoms with E-state index in [4.69, 9.17) is 0 Å². The molecule has 0 radical (unpaired) electrons. The van der Waals surface area contributed by atoms with Gasteiger partial charge in [0.05, 0.1) is 15.2 Å². The lowest BCUT2D eigenvalue weighted by molar-refractivity contribution is 0.102. The van der Waals surface area contributed by atoms with E-state index in [1.165, 1.54) is 17.4 Å². The molecule has 0 bridgehead atoms. The third-order valence-corrected chi connectivity index (χ3v) is 4.30. The molecule has 0 aliphatic carbocycles. The zero-order valence-corrected chi connectivity index (χ0v) is 13.1. The van der Waals surface area contributed by atoms with Gasteiger partial charge >= 0.3 is 0 Å². The third-order valence-electron chi connectivity index (χ3n) is 2.63. The molecule has 2 aromatic rings. The van der Waals surface area contributed by atoms with Crippen molar-refractivity contribution in [1.29, 1.82) is 0 Å². The number of aryl methyl sites for hydroxylation is 3.